The third-order valence-corrected chi connectivity index (χ3v) is 3.16. The van der Waals surface area contributed by atoms with Crippen molar-refractivity contribution in [1.29, 1.82) is 0 Å². The maximum atomic E-state index is 12.1. The summed E-state index contributed by atoms with van der Waals surface area (Å²) in [7, 11) is 1.45. The summed E-state index contributed by atoms with van der Waals surface area (Å²) in [4.78, 5) is 23.9. The van der Waals surface area contributed by atoms with Crippen molar-refractivity contribution in [1.82, 2.24) is 10.9 Å². The molecule has 5 nitrogen and oxygen atoms in total. The number of carbonyl (C=O) groups excluding carboxylic acids is 2. The van der Waals surface area contributed by atoms with Crippen LogP contribution in [0, 0.1) is 0 Å². The molecular formula is C16H15ClN2O3. The Kier molecular flexibility index (Phi) is 5.38. The summed E-state index contributed by atoms with van der Waals surface area (Å²) < 4.78 is 5.09. The number of hydrogen-bond donors (Lipinski definition) is 2. The lowest BCUT2D eigenvalue weighted by molar-refractivity contribution is -0.121. The van der Waals surface area contributed by atoms with E-state index in [2.05, 4.69) is 10.9 Å². The highest BCUT2D eigenvalue weighted by Crippen LogP contribution is 2.22. The van der Waals surface area contributed by atoms with E-state index in [0.29, 0.717) is 10.8 Å². The lowest BCUT2D eigenvalue weighted by Gasteiger charge is -2.10. The van der Waals surface area contributed by atoms with E-state index in [4.69, 9.17) is 16.3 Å². The van der Waals surface area contributed by atoms with Crippen LogP contribution in [0.15, 0.2) is 48.5 Å². The van der Waals surface area contributed by atoms with Crippen molar-refractivity contribution in [3.63, 3.8) is 0 Å². The van der Waals surface area contributed by atoms with Crippen molar-refractivity contribution in [2.45, 2.75) is 6.42 Å². The molecule has 2 N–H and O–H groups in total. The van der Waals surface area contributed by atoms with Gasteiger partial charge in [-0.2, -0.15) is 0 Å². The zero-order valence-corrected chi connectivity index (χ0v) is 12.7. The number of carbonyl (C=O) groups is 2. The summed E-state index contributed by atoms with van der Waals surface area (Å²) in [6, 6.07) is 13.9. The number of benzene rings is 2. The lowest BCUT2D eigenvalue weighted by Crippen LogP contribution is -2.42. The molecule has 0 saturated carbocycles. The molecule has 0 unspecified atom stereocenters. The molecule has 0 spiro atoms. The van der Waals surface area contributed by atoms with E-state index in [-0.39, 0.29) is 17.9 Å². The predicted octanol–water partition coefficient (Wildman–Crippen LogP) is 2.35. The highest BCUT2D eigenvalue weighted by Gasteiger charge is 2.13. The van der Waals surface area contributed by atoms with Crippen LogP contribution in [-0.2, 0) is 11.2 Å². The smallest absolute Gasteiger partial charge is 0.273 e. The Morgan fingerprint density at radius 1 is 1.09 bits per heavy atom. The number of halogens is 1. The second-order valence-corrected chi connectivity index (χ2v) is 4.95. The van der Waals surface area contributed by atoms with E-state index in [9.17, 15) is 9.59 Å². The van der Waals surface area contributed by atoms with Crippen LogP contribution >= 0.6 is 11.6 Å². The number of hydrazine groups is 1. The lowest BCUT2D eigenvalue weighted by atomic mass is 10.1. The Morgan fingerprint density at radius 2 is 1.82 bits per heavy atom. The summed E-state index contributed by atoms with van der Waals surface area (Å²) in [5, 5.41) is 0.404. The molecule has 0 aliphatic rings. The summed E-state index contributed by atoms with van der Waals surface area (Å²) in [6.45, 7) is 0. The van der Waals surface area contributed by atoms with Crippen LogP contribution in [0.3, 0.4) is 0 Å². The highest BCUT2D eigenvalue weighted by molar-refractivity contribution is 6.31. The first-order valence-corrected chi connectivity index (χ1v) is 6.94. The molecule has 114 valence electrons. The normalized spacial score (nSPS) is 9.91. The average Bonchev–Trinajstić information content (AvgIpc) is 2.53. The molecule has 0 aliphatic carbocycles. The maximum Gasteiger partial charge on any atom is 0.273 e. The van der Waals surface area contributed by atoms with E-state index >= 15 is 0 Å². The Morgan fingerprint density at radius 3 is 2.50 bits per heavy atom. The van der Waals surface area contributed by atoms with Crippen molar-refractivity contribution in [2.75, 3.05) is 7.11 Å². The molecule has 0 aliphatic heterocycles. The van der Waals surface area contributed by atoms with E-state index < -0.39 is 5.91 Å². The van der Waals surface area contributed by atoms with Gasteiger partial charge in [0.2, 0.25) is 5.91 Å². The Bertz CT molecular complexity index is 674. The number of amides is 2. The Balaban J connectivity index is 1.95. The van der Waals surface area contributed by atoms with E-state index in [1.807, 2.05) is 30.3 Å². The molecular weight excluding hydrogens is 304 g/mol. The van der Waals surface area contributed by atoms with Crippen molar-refractivity contribution in [3.05, 3.63) is 64.7 Å². The Hall–Kier alpha value is -2.53. The number of nitrogens with one attached hydrogen (secondary N) is 2. The van der Waals surface area contributed by atoms with Crippen LogP contribution in [-0.4, -0.2) is 18.9 Å². The standard InChI is InChI=1S/C16H15ClN2O3/c1-22-14-8-7-12(17)10-13(14)16(21)19-18-15(20)9-11-5-3-2-4-6-11/h2-8,10H,9H2,1H3,(H,18,20)(H,19,21). The van der Waals surface area contributed by atoms with Crippen LogP contribution in [0.1, 0.15) is 15.9 Å². The minimum Gasteiger partial charge on any atom is -0.496 e. The molecule has 22 heavy (non-hydrogen) atoms. The minimum atomic E-state index is -0.499. The molecule has 0 atom stereocenters. The van der Waals surface area contributed by atoms with Crippen molar-refractivity contribution >= 4 is 23.4 Å². The van der Waals surface area contributed by atoms with Gasteiger partial charge >= 0.3 is 0 Å². The topological polar surface area (TPSA) is 67.4 Å². The molecule has 2 amide bonds. The van der Waals surface area contributed by atoms with Gasteiger partial charge in [0.15, 0.2) is 0 Å². The van der Waals surface area contributed by atoms with Crippen molar-refractivity contribution in [2.24, 2.45) is 0 Å². The monoisotopic (exact) mass is 318 g/mol. The van der Waals surface area contributed by atoms with E-state index in [1.54, 1.807) is 12.1 Å². The zero-order chi connectivity index (χ0) is 15.9. The van der Waals surface area contributed by atoms with Gasteiger partial charge in [0.25, 0.3) is 5.91 Å². The van der Waals surface area contributed by atoms with E-state index in [1.165, 1.54) is 13.2 Å². The molecule has 6 heteroatoms. The largest absolute Gasteiger partial charge is 0.496 e. The number of methoxy groups -OCH3 is 1. The molecule has 2 aromatic carbocycles. The molecule has 2 rings (SSSR count). The maximum absolute atomic E-state index is 12.1. The van der Waals surface area contributed by atoms with Crippen LogP contribution in [0.5, 0.6) is 5.75 Å². The molecule has 0 heterocycles. The third-order valence-electron chi connectivity index (χ3n) is 2.93. The number of ether oxygens (including phenoxy) is 1. The average molecular weight is 319 g/mol. The van der Waals surface area contributed by atoms with Gasteiger partial charge in [-0.3, -0.25) is 20.4 Å². The molecule has 0 saturated heterocycles. The summed E-state index contributed by atoms with van der Waals surface area (Å²) in [5.41, 5.74) is 5.81. The third kappa shape index (κ3) is 4.23. The first-order valence-electron chi connectivity index (χ1n) is 6.57. The fourth-order valence-electron chi connectivity index (χ4n) is 1.88. The van der Waals surface area contributed by atoms with Crippen molar-refractivity contribution in [3.8, 4) is 5.75 Å². The Labute approximate surface area is 133 Å². The number of hydrogen-bond acceptors (Lipinski definition) is 3. The second-order valence-electron chi connectivity index (χ2n) is 4.51. The van der Waals surface area contributed by atoms with Gasteiger partial charge in [-0.05, 0) is 23.8 Å². The van der Waals surface area contributed by atoms with Crippen LogP contribution in [0.4, 0.5) is 0 Å². The minimum absolute atomic E-state index is 0.174. The first kappa shape index (κ1) is 15.9. The first-order chi connectivity index (χ1) is 10.6. The fraction of sp³-hybridized carbons (Fsp3) is 0.125. The van der Waals surface area contributed by atoms with Gasteiger partial charge in [0.1, 0.15) is 5.75 Å². The molecule has 0 aromatic heterocycles. The SMILES string of the molecule is COc1ccc(Cl)cc1C(=O)NNC(=O)Cc1ccccc1. The summed E-state index contributed by atoms with van der Waals surface area (Å²) >= 11 is 5.86. The van der Waals surface area contributed by atoms with Crippen LogP contribution < -0.4 is 15.6 Å². The van der Waals surface area contributed by atoms with Gasteiger partial charge in [0.05, 0.1) is 19.1 Å². The van der Waals surface area contributed by atoms with Gasteiger partial charge in [-0.25, -0.2) is 0 Å². The second kappa shape index (κ2) is 7.47. The molecule has 2 aromatic rings. The van der Waals surface area contributed by atoms with Gasteiger partial charge in [-0.1, -0.05) is 41.9 Å². The highest BCUT2D eigenvalue weighted by atomic mass is 35.5. The molecule has 0 radical (unpaired) electrons. The van der Waals surface area contributed by atoms with Crippen molar-refractivity contribution < 1.29 is 14.3 Å². The van der Waals surface area contributed by atoms with Crippen LogP contribution in [0.25, 0.3) is 0 Å². The van der Waals surface area contributed by atoms with Gasteiger partial charge < -0.3 is 4.74 Å². The quantitative estimate of drug-likeness (QED) is 0.850. The summed E-state index contributed by atoms with van der Waals surface area (Å²) in [5.74, 6) is -0.444. The van der Waals surface area contributed by atoms with Gasteiger partial charge in [-0.15, -0.1) is 0 Å². The zero-order valence-electron chi connectivity index (χ0n) is 11.9. The molecule has 0 fully saturated rings. The van der Waals surface area contributed by atoms with E-state index in [0.717, 1.165) is 5.56 Å². The molecule has 0 bridgehead atoms. The van der Waals surface area contributed by atoms with Gasteiger partial charge in [0, 0.05) is 5.02 Å². The number of rotatable bonds is 4. The predicted molar refractivity (Wildman–Crippen MR) is 83.8 cm³/mol. The fourth-order valence-corrected chi connectivity index (χ4v) is 2.05. The summed E-state index contributed by atoms with van der Waals surface area (Å²) in [6.07, 6.45) is 0.174. The van der Waals surface area contributed by atoms with Crippen LogP contribution in [0.2, 0.25) is 5.02 Å².